The number of hydrogen-bond acceptors (Lipinski definition) is 5. The van der Waals surface area contributed by atoms with Gasteiger partial charge in [0.25, 0.3) is 0 Å². The largest absolute Gasteiger partial charge is 0.506 e. The number of guanidine groups is 1. The third-order valence-electron chi connectivity index (χ3n) is 5.68. The Kier molecular flexibility index (Phi) is 7.23. The number of para-hydroxylation sites is 2. The number of phenolic OH excluding ortho intramolecular Hbond substituents is 1. The van der Waals surface area contributed by atoms with Crippen molar-refractivity contribution in [3.05, 3.63) is 24.3 Å². The molecule has 8 nitrogen and oxygen atoms in total. The lowest BCUT2D eigenvalue weighted by Crippen LogP contribution is -2.52. The van der Waals surface area contributed by atoms with Crippen molar-refractivity contribution in [2.24, 2.45) is 10.9 Å². The lowest BCUT2D eigenvalue weighted by molar-refractivity contribution is 0.279. The number of phenols is 1. The summed E-state index contributed by atoms with van der Waals surface area (Å²) in [7, 11) is -3.08. The molecule has 0 unspecified atom stereocenters. The maximum absolute atomic E-state index is 11.7. The first-order chi connectivity index (χ1) is 13.9. The molecule has 0 saturated carbocycles. The fourth-order valence-electron chi connectivity index (χ4n) is 3.96. The van der Waals surface area contributed by atoms with Crippen LogP contribution in [0.3, 0.4) is 0 Å². The number of nitrogens with zero attached hydrogens (tertiary/aromatic N) is 4. The first-order valence-electron chi connectivity index (χ1n) is 10.4. The molecule has 162 valence electrons. The first-order valence-corrected chi connectivity index (χ1v) is 12.2. The van der Waals surface area contributed by atoms with Gasteiger partial charge in [0.15, 0.2) is 5.96 Å². The normalized spacial score (nSPS) is 20.1. The molecular weight excluding hydrogens is 390 g/mol. The quantitative estimate of drug-likeness (QED) is 0.546. The van der Waals surface area contributed by atoms with Gasteiger partial charge in [0, 0.05) is 52.4 Å². The highest BCUT2D eigenvalue weighted by atomic mass is 32.2. The van der Waals surface area contributed by atoms with Gasteiger partial charge in [-0.05, 0) is 37.8 Å². The number of piperazine rings is 1. The zero-order valence-corrected chi connectivity index (χ0v) is 18.2. The maximum atomic E-state index is 11.7. The van der Waals surface area contributed by atoms with Gasteiger partial charge in [-0.3, -0.25) is 4.99 Å². The number of aromatic hydroxyl groups is 1. The molecule has 29 heavy (non-hydrogen) atoms. The van der Waals surface area contributed by atoms with Gasteiger partial charge in [0.2, 0.25) is 10.0 Å². The maximum Gasteiger partial charge on any atom is 0.211 e. The van der Waals surface area contributed by atoms with Crippen molar-refractivity contribution in [3.8, 4) is 5.75 Å². The summed E-state index contributed by atoms with van der Waals surface area (Å²) in [4.78, 5) is 9.33. The van der Waals surface area contributed by atoms with Gasteiger partial charge in [-0.1, -0.05) is 12.1 Å². The van der Waals surface area contributed by atoms with E-state index in [9.17, 15) is 13.5 Å². The summed E-state index contributed by atoms with van der Waals surface area (Å²) in [5.41, 5.74) is 0.881. The molecule has 2 aliphatic heterocycles. The minimum atomic E-state index is -3.08. The molecule has 2 N–H and O–H groups in total. The second-order valence-corrected chi connectivity index (χ2v) is 9.75. The molecule has 0 atom stereocenters. The van der Waals surface area contributed by atoms with Crippen molar-refractivity contribution >= 4 is 21.7 Å². The Morgan fingerprint density at radius 1 is 1.14 bits per heavy atom. The third-order valence-corrected chi connectivity index (χ3v) is 6.98. The Hall–Kier alpha value is -2.00. The Morgan fingerprint density at radius 3 is 2.38 bits per heavy atom. The van der Waals surface area contributed by atoms with E-state index in [1.54, 1.807) is 10.4 Å². The average molecular weight is 424 g/mol. The zero-order valence-electron chi connectivity index (χ0n) is 17.4. The molecule has 1 aromatic rings. The predicted molar refractivity (Wildman–Crippen MR) is 117 cm³/mol. The van der Waals surface area contributed by atoms with E-state index in [2.05, 4.69) is 22.0 Å². The molecule has 2 saturated heterocycles. The zero-order chi connectivity index (χ0) is 20.9. The number of piperidine rings is 1. The van der Waals surface area contributed by atoms with E-state index in [1.807, 2.05) is 18.2 Å². The van der Waals surface area contributed by atoms with Crippen molar-refractivity contribution in [2.75, 3.05) is 63.5 Å². The number of rotatable bonds is 5. The van der Waals surface area contributed by atoms with Crippen LogP contribution in [0.25, 0.3) is 0 Å². The Bertz CT molecular complexity index is 798. The van der Waals surface area contributed by atoms with Crippen LogP contribution < -0.4 is 10.2 Å². The molecule has 0 bridgehead atoms. The van der Waals surface area contributed by atoms with Crippen LogP contribution in [0, 0.1) is 5.92 Å². The smallest absolute Gasteiger partial charge is 0.211 e. The summed E-state index contributed by atoms with van der Waals surface area (Å²) in [6.07, 6.45) is 3.00. The summed E-state index contributed by atoms with van der Waals surface area (Å²) in [5, 5.41) is 13.5. The number of hydrogen-bond donors (Lipinski definition) is 2. The fourth-order valence-corrected chi connectivity index (χ4v) is 4.83. The van der Waals surface area contributed by atoms with Crippen LogP contribution in [0.15, 0.2) is 29.3 Å². The SMILES string of the molecule is CCNC(=NCC1CCN(S(C)(=O)=O)CC1)N1CCN(c2ccccc2O)CC1. The van der Waals surface area contributed by atoms with E-state index in [1.165, 1.54) is 6.26 Å². The number of benzene rings is 1. The Morgan fingerprint density at radius 2 is 1.79 bits per heavy atom. The monoisotopic (exact) mass is 423 g/mol. The fraction of sp³-hybridized carbons (Fsp3) is 0.650. The molecular formula is C20H33N5O3S. The highest BCUT2D eigenvalue weighted by molar-refractivity contribution is 7.88. The van der Waals surface area contributed by atoms with Crippen LogP contribution in [0.5, 0.6) is 5.75 Å². The Labute approximate surface area is 174 Å². The van der Waals surface area contributed by atoms with Crippen LogP contribution in [0.1, 0.15) is 19.8 Å². The molecule has 0 amide bonds. The van der Waals surface area contributed by atoms with Crippen molar-refractivity contribution < 1.29 is 13.5 Å². The molecule has 2 aliphatic rings. The molecule has 0 spiro atoms. The number of sulfonamides is 1. The molecule has 9 heteroatoms. The minimum absolute atomic E-state index is 0.321. The summed E-state index contributed by atoms with van der Waals surface area (Å²) < 4.78 is 24.9. The summed E-state index contributed by atoms with van der Waals surface area (Å²) in [5.74, 6) is 1.67. The second-order valence-electron chi connectivity index (χ2n) is 7.76. The second kappa shape index (κ2) is 9.67. The first kappa shape index (κ1) is 21.7. The average Bonchev–Trinajstić information content (AvgIpc) is 2.71. The van der Waals surface area contributed by atoms with Crippen LogP contribution in [-0.4, -0.2) is 87.3 Å². The molecule has 0 radical (unpaired) electrons. The van der Waals surface area contributed by atoms with Gasteiger partial charge in [0.05, 0.1) is 11.9 Å². The van der Waals surface area contributed by atoms with E-state index in [0.29, 0.717) is 24.8 Å². The topological polar surface area (TPSA) is 88.5 Å². The molecule has 0 aromatic heterocycles. The molecule has 2 fully saturated rings. The lowest BCUT2D eigenvalue weighted by Gasteiger charge is -2.38. The minimum Gasteiger partial charge on any atom is -0.506 e. The summed E-state index contributed by atoms with van der Waals surface area (Å²) in [6, 6.07) is 7.46. The predicted octanol–water partition coefficient (Wildman–Crippen LogP) is 1.15. The number of nitrogens with one attached hydrogen (secondary N) is 1. The number of anilines is 1. The Balaban J connectivity index is 1.54. The highest BCUT2D eigenvalue weighted by Gasteiger charge is 2.25. The van der Waals surface area contributed by atoms with Crippen LogP contribution in [0.2, 0.25) is 0 Å². The summed E-state index contributed by atoms with van der Waals surface area (Å²) in [6.45, 7) is 8.12. The molecule has 1 aromatic carbocycles. The van der Waals surface area contributed by atoms with Crippen molar-refractivity contribution in [3.63, 3.8) is 0 Å². The highest BCUT2D eigenvalue weighted by Crippen LogP contribution is 2.27. The molecule has 0 aliphatic carbocycles. The molecule has 3 rings (SSSR count). The summed E-state index contributed by atoms with van der Waals surface area (Å²) >= 11 is 0. The van der Waals surface area contributed by atoms with Crippen molar-refractivity contribution in [2.45, 2.75) is 19.8 Å². The van der Waals surface area contributed by atoms with E-state index in [0.717, 1.165) is 63.8 Å². The molecule has 2 heterocycles. The van der Waals surface area contributed by atoms with Crippen molar-refractivity contribution in [1.29, 1.82) is 0 Å². The van der Waals surface area contributed by atoms with Gasteiger partial charge in [-0.25, -0.2) is 12.7 Å². The van der Waals surface area contributed by atoms with Gasteiger partial charge in [0.1, 0.15) is 5.75 Å². The van der Waals surface area contributed by atoms with Crippen LogP contribution in [0.4, 0.5) is 5.69 Å². The van der Waals surface area contributed by atoms with E-state index in [4.69, 9.17) is 4.99 Å². The van der Waals surface area contributed by atoms with E-state index >= 15 is 0 Å². The lowest BCUT2D eigenvalue weighted by atomic mass is 9.98. The van der Waals surface area contributed by atoms with Gasteiger partial charge >= 0.3 is 0 Å². The van der Waals surface area contributed by atoms with E-state index < -0.39 is 10.0 Å². The third kappa shape index (κ3) is 5.76. The van der Waals surface area contributed by atoms with Crippen LogP contribution in [-0.2, 0) is 10.0 Å². The van der Waals surface area contributed by atoms with Gasteiger partial charge in [-0.15, -0.1) is 0 Å². The standard InChI is InChI=1S/C20H33N5O3S/c1-3-21-20(22-16-17-8-10-25(11-9-17)29(2,27)28)24-14-12-23(13-15-24)18-6-4-5-7-19(18)26/h4-7,17,26H,3,8-16H2,1-2H3,(H,21,22). The van der Waals surface area contributed by atoms with Gasteiger partial charge < -0.3 is 20.2 Å². The van der Waals surface area contributed by atoms with E-state index in [-0.39, 0.29) is 0 Å². The van der Waals surface area contributed by atoms with Crippen molar-refractivity contribution in [1.82, 2.24) is 14.5 Å². The van der Waals surface area contributed by atoms with Crippen LogP contribution >= 0.6 is 0 Å². The van der Waals surface area contributed by atoms with Gasteiger partial charge in [-0.2, -0.15) is 0 Å². The number of aliphatic imine (C=N–C) groups is 1.